The van der Waals surface area contributed by atoms with E-state index in [-0.39, 0.29) is 0 Å². The molecule has 4 nitrogen and oxygen atoms in total. The molecule has 0 saturated heterocycles. The van der Waals surface area contributed by atoms with Gasteiger partial charge in [0.15, 0.2) is 5.96 Å². The number of likely N-dealkylation sites (N-methyl/N-ethyl adjacent to an activating group) is 1. The standard InChI is InChI=1S/C9H20N4/c1-7(13(2)3)6-11-9(10)12-8-4-5-8/h7-8H,4-6H2,1-3H3,(H3,10,11,12)/t7-/m0/s1. The Morgan fingerprint density at radius 3 is 2.69 bits per heavy atom. The molecule has 1 fully saturated rings. The van der Waals surface area contributed by atoms with E-state index in [0.717, 1.165) is 6.54 Å². The van der Waals surface area contributed by atoms with Crippen molar-refractivity contribution < 1.29 is 0 Å². The lowest BCUT2D eigenvalue weighted by atomic mass is 10.3. The normalized spacial score (nSPS) is 20.5. The van der Waals surface area contributed by atoms with E-state index in [0.29, 0.717) is 18.0 Å². The number of hydrogen-bond acceptors (Lipinski definition) is 2. The monoisotopic (exact) mass is 184 g/mol. The van der Waals surface area contributed by atoms with Crippen molar-refractivity contribution in [1.82, 2.24) is 10.2 Å². The van der Waals surface area contributed by atoms with Crippen LogP contribution in [0.2, 0.25) is 0 Å². The van der Waals surface area contributed by atoms with Crippen molar-refractivity contribution in [2.24, 2.45) is 10.7 Å². The molecule has 13 heavy (non-hydrogen) atoms. The zero-order chi connectivity index (χ0) is 9.84. The van der Waals surface area contributed by atoms with Crippen LogP contribution in [0.3, 0.4) is 0 Å². The smallest absolute Gasteiger partial charge is 0.188 e. The molecule has 0 aromatic carbocycles. The lowest BCUT2D eigenvalue weighted by Crippen LogP contribution is -2.35. The zero-order valence-corrected chi connectivity index (χ0v) is 8.75. The molecule has 0 unspecified atom stereocenters. The fourth-order valence-electron chi connectivity index (χ4n) is 0.876. The minimum Gasteiger partial charge on any atom is -0.370 e. The summed E-state index contributed by atoms with van der Waals surface area (Å²) in [5.41, 5.74) is 5.68. The van der Waals surface area contributed by atoms with Crippen molar-refractivity contribution in [1.29, 1.82) is 0 Å². The van der Waals surface area contributed by atoms with Crippen LogP contribution in [0.15, 0.2) is 4.99 Å². The first-order valence-electron chi connectivity index (χ1n) is 4.82. The van der Waals surface area contributed by atoms with Crippen molar-refractivity contribution in [3.05, 3.63) is 0 Å². The van der Waals surface area contributed by atoms with Gasteiger partial charge in [0.1, 0.15) is 0 Å². The summed E-state index contributed by atoms with van der Waals surface area (Å²) in [6.07, 6.45) is 2.47. The van der Waals surface area contributed by atoms with E-state index < -0.39 is 0 Å². The van der Waals surface area contributed by atoms with Gasteiger partial charge in [-0.3, -0.25) is 4.99 Å². The first-order valence-corrected chi connectivity index (χ1v) is 4.82. The Labute approximate surface area is 80.2 Å². The minimum absolute atomic E-state index is 0.444. The molecule has 0 amide bonds. The Bertz CT molecular complexity index is 184. The van der Waals surface area contributed by atoms with Gasteiger partial charge in [0, 0.05) is 12.1 Å². The Kier molecular flexibility index (Phi) is 3.54. The van der Waals surface area contributed by atoms with Crippen LogP contribution < -0.4 is 11.1 Å². The highest BCUT2D eigenvalue weighted by atomic mass is 15.2. The number of aliphatic imine (C=N–C) groups is 1. The molecule has 0 spiro atoms. The van der Waals surface area contributed by atoms with E-state index in [1.54, 1.807) is 0 Å². The van der Waals surface area contributed by atoms with Gasteiger partial charge in [0.05, 0.1) is 6.54 Å². The SMILES string of the molecule is C[C@@H](CN=C(N)NC1CC1)N(C)C. The molecule has 1 saturated carbocycles. The van der Waals surface area contributed by atoms with Crippen LogP contribution >= 0.6 is 0 Å². The van der Waals surface area contributed by atoms with Gasteiger partial charge in [-0.1, -0.05) is 0 Å². The van der Waals surface area contributed by atoms with E-state index in [9.17, 15) is 0 Å². The van der Waals surface area contributed by atoms with Gasteiger partial charge in [-0.15, -0.1) is 0 Å². The predicted molar refractivity (Wildman–Crippen MR) is 55.8 cm³/mol. The fourth-order valence-corrected chi connectivity index (χ4v) is 0.876. The summed E-state index contributed by atoms with van der Waals surface area (Å²) in [7, 11) is 4.09. The van der Waals surface area contributed by atoms with E-state index >= 15 is 0 Å². The highest BCUT2D eigenvalue weighted by Crippen LogP contribution is 2.17. The molecule has 0 aliphatic heterocycles. The second-order valence-corrected chi connectivity index (χ2v) is 3.96. The van der Waals surface area contributed by atoms with Gasteiger partial charge in [-0.2, -0.15) is 0 Å². The van der Waals surface area contributed by atoms with Gasteiger partial charge in [0.25, 0.3) is 0 Å². The molecule has 4 heteroatoms. The molecule has 1 aliphatic rings. The predicted octanol–water partition coefficient (Wildman–Crippen LogP) is 0.00320. The van der Waals surface area contributed by atoms with Crippen molar-refractivity contribution in [2.45, 2.75) is 31.8 Å². The topological polar surface area (TPSA) is 53.6 Å². The molecule has 0 bridgehead atoms. The van der Waals surface area contributed by atoms with Gasteiger partial charge >= 0.3 is 0 Å². The fraction of sp³-hybridized carbons (Fsp3) is 0.889. The quantitative estimate of drug-likeness (QED) is 0.478. The van der Waals surface area contributed by atoms with E-state index in [1.165, 1.54) is 12.8 Å². The molecule has 0 aromatic rings. The lowest BCUT2D eigenvalue weighted by molar-refractivity contribution is 0.321. The second kappa shape index (κ2) is 4.46. The van der Waals surface area contributed by atoms with E-state index in [4.69, 9.17) is 5.73 Å². The summed E-state index contributed by atoms with van der Waals surface area (Å²) >= 11 is 0. The Morgan fingerprint density at radius 1 is 1.62 bits per heavy atom. The van der Waals surface area contributed by atoms with Crippen LogP contribution in [-0.2, 0) is 0 Å². The maximum atomic E-state index is 5.68. The van der Waals surface area contributed by atoms with Crippen LogP contribution in [0.5, 0.6) is 0 Å². The lowest BCUT2D eigenvalue weighted by Gasteiger charge is -2.17. The number of nitrogens with one attached hydrogen (secondary N) is 1. The Morgan fingerprint density at radius 2 is 2.23 bits per heavy atom. The molecule has 76 valence electrons. The maximum absolute atomic E-state index is 5.68. The van der Waals surface area contributed by atoms with Crippen LogP contribution in [0.25, 0.3) is 0 Å². The number of hydrogen-bond donors (Lipinski definition) is 2. The molecule has 0 aromatic heterocycles. The molecule has 1 aliphatic carbocycles. The molecular formula is C9H20N4. The summed E-state index contributed by atoms with van der Waals surface area (Å²) in [5.74, 6) is 0.594. The maximum Gasteiger partial charge on any atom is 0.188 e. The zero-order valence-electron chi connectivity index (χ0n) is 8.75. The molecular weight excluding hydrogens is 164 g/mol. The molecule has 0 radical (unpaired) electrons. The van der Waals surface area contributed by atoms with Crippen LogP contribution in [0, 0.1) is 0 Å². The summed E-state index contributed by atoms with van der Waals surface area (Å²) in [6.45, 7) is 2.90. The summed E-state index contributed by atoms with van der Waals surface area (Å²) < 4.78 is 0. The van der Waals surface area contributed by atoms with Gasteiger partial charge < -0.3 is 16.0 Å². The number of guanidine groups is 1. The number of rotatable bonds is 4. The van der Waals surface area contributed by atoms with Crippen LogP contribution in [0.1, 0.15) is 19.8 Å². The highest BCUT2D eigenvalue weighted by molar-refractivity contribution is 5.78. The largest absolute Gasteiger partial charge is 0.370 e. The third-order valence-corrected chi connectivity index (χ3v) is 2.34. The third kappa shape index (κ3) is 4.12. The minimum atomic E-state index is 0.444. The highest BCUT2D eigenvalue weighted by Gasteiger charge is 2.21. The Balaban J connectivity index is 2.20. The average molecular weight is 184 g/mol. The number of nitrogens with zero attached hydrogens (tertiary/aromatic N) is 2. The molecule has 3 N–H and O–H groups in total. The van der Waals surface area contributed by atoms with Gasteiger partial charge in [0.2, 0.25) is 0 Å². The van der Waals surface area contributed by atoms with Crippen LogP contribution in [0.4, 0.5) is 0 Å². The van der Waals surface area contributed by atoms with Crippen molar-refractivity contribution in [3.8, 4) is 0 Å². The van der Waals surface area contributed by atoms with E-state index in [2.05, 4.69) is 22.1 Å². The second-order valence-electron chi connectivity index (χ2n) is 3.96. The van der Waals surface area contributed by atoms with Crippen molar-refractivity contribution in [3.63, 3.8) is 0 Å². The Hall–Kier alpha value is -0.770. The van der Waals surface area contributed by atoms with Crippen LogP contribution in [-0.4, -0.2) is 43.6 Å². The van der Waals surface area contributed by atoms with Crippen molar-refractivity contribution >= 4 is 5.96 Å². The molecule has 1 atom stereocenters. The average Bonchev–Trinajstić information content (AvgIpc) is 2.83. The van der Waals surface area contributed by atoms with Crippen molar-refractivity contribution in [2.75, 3.05) is 20.6 Å². The number of nitrogens with two attached hydrogens (primary N) is 1. The van der Waals surface area contributed by atoms with E-state index in [1.807, 2.05) is 14.1 Å². The van der Waals surface area contributed by atoms with Gasteiger partial charge in [-0.05, 0) is 33.9 Å². The first-order chi connectivity index (χ1) is 6.09. The molecule has 0 heterocycles. The first kappa shape index (κ1) is 10.3. The summed E-state index contributed by atoms with van der Waals surface area (Å²) in [5, 5.41) is 3.16. The third-order valence-electron chi connectivity index (χ3n) is 2.34. The molecule has 1 rings (SSSR count). The van der Waals surface area contributed by atoms with Gasteiger partial charge in [-0.25, -0.2) is 0 Å². The summed E-state index contributed by atoms with van der Waals surface area (Å²) in [6, 6.07) is 1.04. The summed E-state index contributed by atoms with van der Waals surface area (Å²) in [4.78, 5) is 6.40.